The van der Waals surface area contributed by atoms with Gasteiger partial charge < -0.3 is 9.88 Å². The Labute approximate surface area is 115 Å². The van der Waals surface area contributed by atoms with Gasteiger partial charge >= 0.3 is 0 Å². The highest BCUT2D eigenvalue weighted by molar-refractivity contribution is 5.40. The molecule has 0 atom stereocenters. The maximum atomic E-state index is 3.74. The number of aryl methyl sites for hydroxylation is 1. The first kappa shape index (κ1) is 13.6. The van der Waals surface area contributed by atoms with E-state index in [0.29, 0.717) is 0 Å². The molecule has 0 spiro atoms. The van der Waals surface area contributed by atoms with Crippen molar-refractivity contribution in [2.45, 2.75) is 26.8 Å². The Balaban J connectivity index is 2.18. The topological polar surface area (TPSA) is 17.0 Å². The second-order valence-electron chi connectivity index (χ2n) is 4.82. The maximum absolute atomic E-state index is 3.74. The number of nitrogens with zero attached hydrogens (tertiary/aromatic N) is 1. The van der Waals surface area contributed by atoms with Crippen LogP contribution in [-0.2, 0) is 6.54 Å². The number of rotatable bonds is 6. The van der Waals surface area contributed by atoms with Crippen molar-refractivity contribution in [3.05, 3.63) is 66.0 Å². The van der Waals surface area contributed by atoms with E-state index in [1.807, 2.05) is 6.08 Å². The summed E-state index contributed by atoms with van der Waals surface area (Å²) in [5, 5.41) is 3.45. The molecule has 0 aliphatic rings. The zero-order chi connectivity index (χ0) is 13.7. The third-order valence-electron chi connectivity index (χ3n) is 3.39. The van der Waals surface area contributed by atoms with Gasteiger partial charge in [-0.3, -0.25) is 0 Å². The van der Waals surface area contributed by atoms with Crippen LogP contribution >= 0.6 is 0 Å². The van der Waals surface area contributed by atoms with Crippen LogP contribution in [0.2, 0.25) is 0 Å². The second-order valence-corrected chi connectivity index (χ2v) is 4.82. The number of nitrogens with one attached hydrogen (secondary N) is 1. The molecule has 1 heterocycles. The predicted molar refractivity (Wildman–Crippen MR) is 81.8 cm³/mol. The molecule has 2 heteroatoms. The zero-order valence-electron chi connectivity index (χ0n) is 11.8. The van der Waals surface area contributed by atoms with E-state index >= 15 is 0 Å². The SMILES string of the molecule is C=CCCNCc1cc(C)n(-c2ccccc2)c1C. The van der Waals surface area contributed by atoms with Gasteiger partial charge in [0.05, 0.1) is 0 Å². The minimum absolute atomic E-state index is 0.917. The summed E-state index contributed by atoms with van der Waals surface area (Å²) in [6, 6.07) is 12.8. The number of aromatic nitrogens is 1. The van der Waals surface area contributed by atoms with E-state index in [9.17, 15) is 0 Å². The lowest BCUT2D eigenvalue weighted by Gasteiger charge is -2.10. The summed E-state index contributed by atoms with van der Waals surface area (Å²) in [5.41, 5.74) is 5.19. The molecular formula is C17H22N2. The Morgan fingerprint density at radius 1 is 1.21 bits per heavy atom. The van der Waals surface area contributed by atoms with Crippen LogP contribution in [0.3, 0.4) is 0 Å². The van der Waals surface area contributed by atoms with Crippen molar-refractivity contribution in [1.29, 1.82) is 0 Å². The molecule has 0 unspecified atom stereocenters. The summed E-state index contributed by atoms with van der Waals surface area (Å²) in [6.45, 7) is 9.98. The summed E-state index contributed by atoms with van der Waals surface area (Å²) >= 11 is 0. The Morgan fingerprint density at radius 3 is 2.63 bits per heavy atom. The third kappa shape index (κ3) is 3.15. The van der Waals surface area contributed by atoms with E-state index < -0.39 is 0 Å². The Hall–Kier alpha value is -1.80. The van der Waals surface area contributed by atoms with Crippen LogP contribution in [-0.4, -0.2) is 11.1 Å². The van der Waals surface area contributed by atoms with Gasteiger partial charge in [-0.25, -0.2) is 0 Å². The predicted octanol–water partition coefficient (Wildman–Crippen LogP) is 3.76. The molecule has 2 rings (SSSR count). The molecule has 2 aromatic rings. The lowest BCUT2D eigenvalue weighted by atomic mass is 10.2. The smallest absolute Gasteiger partial charge is 0.0455 e. The number of para-hydroxylation sites is 1. The molecule has 2 nitrogen and oxygen atoms in total. The average molecular weight is 254 g/mol. The first-order valence-electron chi connectivity index (χ1n) is 6.79. The van der Waals surface area contributed by atoms with Crippen molar-refractivity contribution in [2.24, 2.45) is 0 Å². The van der Waals surface area contributed by atoms with Gasteiger partial charge in [0, 0.05) is 23.6 Å². The van der Waals surface area contributed by atoms with E-state index in [4.69, 9.17) is 0 Å². The molecule has 1 N–H and O–H groups in total. The molecule has 0 saturated heterocycles. The third-order valence-corrected chi connectivity index (χ3v) is 3.39. The Bertz CT molecular complexity index is 538. The fraction of sp³-hybridized carbons (Fsp3) is 0.294. The fourth-order valence-electron chi connectivity index (χ4n) is 2.41. The van der Waals surface area contributed by atoms with Crippen molar-refractivity contribution < 1.29 is 0 Å². The molecule has 0 amide bonds. The minimum Gasteiger partial charge on any atom is -0.318 e. The number of hydrogen-bond acceptors (Lipinski definition) is 1. The van der Waals surface area contributed by atoms with Crippen molar-refractivity contribution in [3.63, 3.8) is 0 Å². The number of hydrogen-bond donors (Lipinski definition) is 1. The molecule has 1 aromatic carbocycles. The second kappa shape index (κ2) is 6.39. The summed E-state index contributed by atoms with van der Waals surface area (Å²) in [5.74, 6) is 0. The first-order chi connectivity index (χ1) is 9.24. The molecule has 0 aliphatic carbocycles. The van der Waals surface area contributed by atoms with Gasteiger partial charge in [-0.15, -0.1) is 6.58 Å². The standard InChI is InChI=1S/C17H22N2/c1-4-5-11-18-13-16-12-14(2)19(15(16)3)17-9-7-6-8-10-17/h4,6-10,12,18H,1,5,11,13H2,2-3H3. The summed E-state index contributed by atoms with van der Waals surface area (Å²) in [4.78, 5) is 0. The molecule has 0 radical (unpaired) electrons. The first-order valence-corrected chi connectivity index (χ1v) is 6.79. The largest absolute Gasteiger partial charge is 0.318 e. The van der Waals surface area contributed by atoms with Gasteiger partial charge in [-0.05, 0) is 50.6 Å². The summed E-state index contributed by atoms with van der Waals surface area (Å²) in [6.07, 6.45) is 2.96. The molecule has 0 aliphatic heterocycles. The van der Waals surface area contributed by atoms with Crippen molar-refractivity contribution >= 4 is 0 Å². The Kier molecular flexibility index (Phi) is 4.58. The van der Waals surface area contributed by atoms with Crippen LogP contribution in [0.5, 0.6) is 0 Å². The van der Waals surface area contributed by atoms with Crippen LogP contribution in [0.1, 0.15) is 23.4 Å². The highest BCUT2D eigenvalue weighted by Gasteiger charge is 2.09. The molecule has 0 fully saturated rings. The van der Waals surface area contributed by atoms with Gasteiger partial charge in [0.15, 0.2) is 0 Å². The monoisotopic (exact) mass is 254 g/mol. The lowest BCUT2D eigenvalue weighted by Crippen LogP contribution is -2.14. The van der Waals surface area contributed by atoms with E-state index in [-0.39, 0.29) is 0 Å². The Morgan fingerprint density at radius 2 is 1.95 bits per heavy atom. The maximum Gasteiger partial charge on any atom is 0.0455 e. The van der Waals surface area contributed by atoms with Crippen molar-refractivity contribution in [3.8, 4) is 5.69 Å². The van der Waals surface area contributed by atoms with Crippen LogP contribution < -0.4 is 5.32 Å². The van der Waals surface area contributed by atoms with Gasteiger partial charge in [0.1, 0.15) is 0 Å². The van der Waals surface area contributed by atoms with Crippen LogP contribution in [0.15, 0.2) is 49.1 Å². The van der Waals surface area contributed by atoms with Gasteiger partial charge in [0.2, 0.25) is 0 Å². The molecule has 0 saturated carbocycles. The van der Waals surface area contributed by atoms with Crippen LogP contribution in [0.4, 0.5) is 0 Å². The van der Waals surface area contributed by atoms with E-state index in [1.165, 1.54) is 22.6 Å². The average Bonchev–Trinajstić information content (AvgIpc) is 2.71. The van der Waals surface area contributed by atoms with Crippen LogP contribution in [0, 0.1) is 13.8 Å². The minimum atomic E-state index is 0.917. The van der Waals surface area contributed by atoms with Gasteiger partial charge in [0.25, 0.3) is 0 Å². The van der Waals surface area contributed by atoms with Gasteiger partial charge in [-0.2, -0.15) is 0 Å². The molecule has 19 heavy (non-hydrogen) atoms. The van der Waals surface area contributed by atoms with E-state index in [2.05, 4.69) is 66.7 Å². The van der Waals surface area contributed by atoms with E-state index in [1.54, 1.807) is 0 Å². The molecular weight excluding hydrogens is 232 g/mol. The van der Waals surface area contributed by atoms with Crippen molar-refractivity contribution in [2.75, 3.05) is 6.54 Å². The highest BCUT2D eigenvalue weighted by atomic mass is 15.0. The normalized spacial score (nSPS) is 10.6. The van der Waals surface area contributed by atoms with Crippen molar-refractivity contribution in [1.82, 2.24) is 9.88 Å². The highest BCUT2D eigenvalue weighted by Crippen LogP contribution is 2.20. The zero-order valence-corrected chi connectivity index (χ0v) is 11.8. The van der Waals surface area contributed by atoms with Gasteiger partial charge in [-0.1, -0.05) is 24.3 Å². The summed E-state index contributed by atoms with van der Waals surface area (Å²) in [7, 11) is 0. The molecule has 100 valence electrons. The molecule has 0 bridgehead atoms. The molecule has 1 aromatic heterocycles. The quantitative estimate of drug-likeness (QED) is 0.613. The fourth-order valence-corrected chi connectivity index (χ4v) is 2.41. The van der Waals surface area contributed by atoms with E-state index in [0.717, 1.165) is 19.5 Å². The van der Waals surface area contributed by atoms with Crippen LogP contribution in [0.25, 0.3) is 5.69 Å². The summed E-state index contributed by atoms with van der Waals surface area (Å²) < 4.78 is 2.31. The lowest BCUT2D eigenvalue weighted by molar-refractivity contribution is 0.692. The number of benzene rings is 1.